The Kier molecular flexibility index (Phi) is 5.03. The summed E-state index contributed by atoms with van der Waals surface area (Å²) in [6, 6.07) is 12.4. The number of primary amides is 1. The van der Waals surface area contributed by atoms with E-state index in [9.17, 15) is 9.59 Å². The van der Waals surface area contributed by atoms with Crippen LogP contribution in [0.25, 0.3) is 0 Å². The van der Waals surface area contributed by atoms with Crippen LogP contribution in [0.4, 0.5) is 5.69 Å². The van der Waals surface area contributed by atoms with Gasteiger partial charge in [-0.15, -0.1) is 0 Å². The van der Waals surface area contributed by atoms with E-state index in [1.165, 1.54) is 5.01 Å². The number of benzene rings is 1. The van der Waals surface area contributed by atoms with Gasteiger partial charge in [-0.3, -0.25) is 19.6 Å². The van der Waals surface area contributed by atoms with Crippen LogP contribution in [0.2, 0.25) is 0 Å². The van der Waals surface area contributed by atoms with Crippen LogP contribution >= 0.6 is 0 Å². The van der Waals surface area contributed by atoms with Crippen molar-refractivity contribution in [3.63, 3.8) is 0 Å². The van der Waals surface area contributed by atoms with E-state index < -0.39 is 11.9 Å². The number of hydrazone groups is 1. The largest absolute Gasteiger partial charge is 0.368 e. The van der Waals surface area contributed by atoms with Gasteiger partial charge in [0.15, 0.2) is 0 Å². The minimum Gasteiger partial charge on any atom is -0.368 e. The van der Waals surface area contributed by atoms with E-state index in [0.29, 0.717) is 18.7 Å². The fourth-order valence-corrected chi connectivity index (χ4v) is 2.66. The number of carbonyl (C=O) groups is 2. The van der Waals surface area contributed by atoms with Gasteiger partial charge < -0.3 is 11.1 Å². The Hall–Kier alpha value is -3.22. The summed E-state index contributed by atoms with van der Waals surface area (Å²) in [4.78, 5) is 28.1. The smallest absolute Gasteiger partial charge is 0.267 e. The minimum absolute atomic E-state index is 0.197. The third kappa shape index (κ3) is 4.00. The first kappa shape index (κ1) is 16.6. The Bertz CT molecular complexity index is 777. The highest BCUT2D eigenvalue weighted by Crippen LogP contribution is 2.24. The molecule has 25 heavy (non-hydrogen) atoms. The normalized spacial score (nSPS) is 16.4. The van der Waals surface area contributed by atoms with Crippen molar-refractivity contribution in [3.05, 3.63) is 60.4 Å². The molecule has 0 saturated heterocycles. The lowest BCUT2D eigenvalue weighted by Crippen LogP contribution is -2.40. The second-order valence-corrected chi connectivity index (χ2v) is 5.72. The monoisotopic (exact) mass is 337 g/mol. The molecule has 2 amide bonds. The molecular formula is C18H19N5O2. The van der Waals surface area contributed by atoms with Crippen LogP contribution in [0.15, 0.2) is 60.0 Å². The molecule has 0 unspecified atom stereocenters. The van der Waals surface area contributed by atoms with Gasteiger partial charge in [0.05, 0.1) is 5.69 Å². The number of hydrogen-bond acceptors (Lipinski definition) is 5. The number of rotatable bonds is 6. The van der Waals surface area contributed by atoms with Crippen LogP contribution in [0.5, 0.6) is 0 Å². The summed E-state index contributed by atoms with van der Waals surface area (Å²) in [5, 5.41) is 8.65. The predicted octanol–water partition coefficient (Wildman–Crippen LogP) is 0.861. The third-order valence-corrected chi connectivity index (χ3v) is 3.94. The van der Waals surface area contributed by atoms with Crippen molar-refractivity contribution >= 4 is 23.2 Å². The first-order valence-electron chi connectivity index (χ1n) is 8.03. The summed E-state index contributed by atoms with van der Waals surface area (Å²) in [6.07, 6.45) is 4.34. The molecule has 7 heteroatoms. The molecular weight excluding hydrogens is 318 g/mol. The Balaban J connectivity index is 1.65. The Morgan fingerprint density at radius 2 is 2.00 bits per heavy atom. The number of hydrogen-bond donors (Lipinski definition) is 2. The lowest BCUT2D eigenvalue weighted by Gasteiger charge is -2.20. The van der Waals surface area contributed by atoms with Gasteiger partial charge in [0, 0.05) is 25.4 Å². The SMILES string of the molecule is NC(=O)[C@H]1CC(C(=O)NCCc2cccnc2)=NN1c1ccccc1. The van der Waals surface area contributed by atoms with E-state index in [1.807, 2.05) is 42.5 Å². The van der Waals surface area contributed by atoms with Crippen molar-refractivity contribution in [1.82, 2.24) is 10.3 Å². The molecule has 0 saturated carbocycles. The maximum Gasteiger partial charge on any atom is 0.267 e. The van der Waals surface area contributed by atoms with Crippen LogP contribution in [0, 0.1) is 0 Å². The number of nitrogens with two attached hydrogens (primary N) is 1. The van der Waals surface area contributed by atoms with E-state index >= 15 is 0 Å². The average Bonchev–Trinajstić information content (AvgIpc) is 3.09. The molecule has 1 aliphatic heterocycles. The lowest BCUT2D eigenvalue weighted by atomic mass is 10.1. The standard InChI is InChI=1S/C18H19N5O2/c19-17(24)16-11-15(22-23(16)14-6-2-1-3-7-14)18(25)21-10-8-13-5-4-9-20-12-13/h1-7,9,12,16H,8,10-11H2,(H2,19,24)(H,21,25)/t16-/m1/s1. The molecule has 1 aromatic carbocycles. The van der Waals surface area contributed by atoms with Crippen molar-refractivity contribution in [2.24, 2.45) is 10.8 Å². The maximum absolute atomic E-state index is 12.3. The number of para-hydroxylation sites is 1. The molecule has 0 fully saturated rings. The molecule has 7 nitrogen and oxygen atoms in total. The van der Waals surface area contributed by atoms with Crippen molar-refractivity contribution in [1.29, 1.82) is 0 Å². The number of anilines is 1. The number of nitrogens with zero attached hydrogens (tertiary/aromatic N) is 3. The van der Waals surface area contributed by atoms with Gasteiger partial charge in [0.1, 0.15) is 11.8 Å². The molecule has 2 aromatic rings. The van der Waals surface area contributed by atoms with Gasteiger partial charge in [-0.2, -0.15) is 5.10 Å². The fourth-order valence-electron chi connectivity index (χ4n) is 2.66. The second kappa shape index (κ2) is 7.57. The number of carbonyl (C=O) groups excluding carboxylic acids is 2. The van der Waals surface area contributed by atoms with E-state index in [-0.39, 0.29) is 12.3 Å². The summed E-state index contributed by atoms with van der Waals surface area (Å²) in [7, 11) is 0. The predicted molar refractivity (Wildman–Crippen MR) is 94.9 cm³/mol. The number of pyridine rings is 1. The second-order valence-electron chi connectivity index (χ2n) is 5.72. The van der Waals surface area contributed by atoms with Gasteiger partial charge in [0.25, 0.3) is 5.91 Å². The molecule has 0 aliphatic carbocycles. The van der Waals surface area contributed by atoms with Gasteiger partial charge >= 0.3 is 0 Å². The molecule has 3 N–H and O–H groups in total. The van der Waals surface area contributed by atoms with Gasteiger partial charge in [-0.05, 0) is 30.2 Å². The van der Waals surface area contributed by atoms with E-state index in [1.54, 1.807) is 12.4 Å². The Labute approximate surface area is 145 Å². The molecule has 1 atom stereocenters. The zero-order valence-electron chi connectivity index (χ0n) is 13.6. The molecule has 1 aromatic heterocycles. The molecule has 0 bridgehead atoms. The van der Waals surface area contributed by atoms with E-state index in [2.05, 4.69) is 15.4 Å². The first-order chi connectivity index (χ1) is 12.1. The quantitative estimate of drug-likeness (QED) is 0.816. The maximum atomic E-state index is 12.3. The van der Waals surface area contributed by atoms with Crippen molar-refractivity contribution in [3.8, 4) is 0 Å². The van der Waals surface area contributed by atoms with Crippen LogP contribution in [0.3, 0.4) is 0 Å². The van der Waals surface area contributed by atoms with Crippen LogP contribution in [-0.4, -0.2) is 35.1 Å². The zero-order chi connectivity index (χ0) is 17.6. The number of nitrogens with one attached hydrogen (secondary N) is 1. The van der Waals surface area contributed by atoms with Crippen molar-refractivity contribution < 1.29 is 9.59 Å². The van der Waals surface area contributed by atoms with Crippen LogP contribution in [-0.2, 0) is 16.0 Å². The van der Waals surface area contributed by atoms with Gasteiger partial charge in [0.2, 0.25) is 5.91 Å². The lowest BCUT2D eigenvalue weighted by molar-refractivity contribution is -0.119. The Morgan fingerprint density at radius 1 is 1.20 bits per heavy atom. The highest BCUT2D eigenvalue weighted by atomic mass is 16.2. The van der Waals surface area contributed by atoms with Crippen molar-refractivity contribution in [2.75, 3.05) is 11.6 Å². The number of aromatic nitrogens is 1. The summed E-state index contributed by atoms with van der Waals surface area (Å²) < 4.78 is 0. The van der Waals surface area contributed by atoms with E-state index in [4.69, 9.17) is 5.73 Å². The topological polar surface area (TPSA) is 101 Å². The first-order valence-corrected chi connectivity index (χ1v) is 8.03. The highest BCUT2D eigenvalue weighted by molar-refractivity contribution is 6.40. The van der Waals surface area contributed by atoms with Crippen LogP contribution < -0.4 is 16.1 Å². The summed E-state index contributed by atoms with van der Waals surface area (Å²) >= 11 is 0. The average molecular weight is 337 g/mol. The van der Waals surface area contributed by atoms with E-state index in [0.717, 1.165) is 11.3 Å². The molecule has 3 rings (SSSR count). The molecule has 1 aliphatic rings. The molecule has 0 radical (unpaired) electrons. The fraction of sp³-hybridized carbons (Fsp3) is 0.222. The molecule has 128 valence electrons. The Morgan fingerprint density at radius 3 is 2.68 bits per heavy atom. The molecule has 2 heterocycles. The minimum atomic E-state index is -0.651. The van der Waals surface area contributed by atoms with Crippen molar-refractivity contribution in [2.45, 2.75) is 18.9 Å². The summed E-state index contributed by atoms with van der Waals surface area (Å²) in [5.41, 5.74) is 7.54. The van der Waals surface area contributed by atoms with Gasteiger partial charge in [-0.25, -0.2) is 0 Å². The zero-order valence-corrected chi connectivity index (χ0v) is 13.6. The summed E-state index contributed by atoms with van der Waals surface area (Å²) in [6.45, 7) is 0.468. The molecule has 0 spiro atoms. The van der Waals surface area contributed by atoms with Gasteiger partial charge in [-0.1, -0.05) is 24.3 Å². The third-order valence-electron chi connectivity index (χ3n) is 3.94. The highest BCUT2D eigenvalue weighted by Gasteiger charge is 2.34. The van der Waals surface area contributed by atoms with Crippen LogP contribution in [0.1, 0.15) is 12.0 Å². The summed E-state index contributed by atoms with van der Waals surface area (Å²) in [5.74, 6) is -0.792. The number of amides is 2.